The zero-order chi connectivity index (χ0) is 16.0. The first-order chi connectivity index (χ1) is 10.5. The normalized spacial score (nSPS) is 17.5. The van der Waals surface area contributed by atoms with Gasteiger partial charge in [0.05, 0.1) is 4.90 Å². The number of hydrogen-bond donors (Lipinski definition) is 1. The van der Waals surface area contributed by atoms with E-state index in [1.165, 1.54) is 32.1 Å². The van der Waals surface area contributed by atoms with E-state index in [1.807, 2.05) is 6.92 Å². The lowest BCUT2D eigenvalue weighted by Gasteiger charge is -2.20. The Balaban J connectivity index is 1.87. The highest BCUT2D eigenvalue weighted by atomic mass is 32.2. The summed E-state index contributed by atoms with van der Waals surface area (Å²) in [4.78, 5) is 4.65. The molecule has 1 fully saturated rings. The fraction of sp³-hybridized carbons (Fsp3) is 0.588. The van der Waals surface area contributed by atoms with Crippen molar-refractivity contribution >= 4 is 15.9 Å². The van der Waals surface area contributed by atoms with Gasteiger partial charge < -0.3 is 0 Å². The molecule has 122 valence electrons. The number of sulfonamides is 1. The first-order valence-electron chi connectivity index (χ1n) is 8.08. The van der Waals surface area contributed by atoms with Crippen LogP contribution in [0.2, 0.25) is 0 Å². The molecule has 1 aliphatic carbocycles. The van der Waals surface area contributed by atoms with Gasteiger partial charge in [0.25, 0.3) is 10.0 Å². The lowest BCUT2D eigenvalue weighted by Crippen LogP contribution is -2.28. The van der Waals surface area contributed by atoms with Crippen LogP contribution in [0.1, 0.15) is 51.0 Å². The molecule has 0 unspecified atom stereocenters. The van der Waals surface area contributed by atoms with Crippen molar-refractivity contribution in [1.82, 2.24) is 4.72 Å². The van der Waals surface area contributed by atoms with Crippen LogP contribution in [0.4, 0.5) is 0 Å². The molecular formula is C17H26N2O2S. The summed E-state index contributed by atoms with van der Waals surface area (Å²) in [6.45, 7) is 4.35. The number of nitrogens with one attached hydrogen (secondary N) is 1. The molecule has 0 bridgehead atoms. The molecule has 1 saturated carbocycles. The molecule has 0 amide bonds. The van der Waals surface area contributed by atoms with Crippen LogP contribution in [0.25, 0.3) is 0 Å². The maximum absolute atomic E-state index is 12.2. The third kappa shape index (κ3) is 5.13. The molecule has 1 aromatic carbocycles. The molecule has 22 heavy (non-hydrogen) atoms. The number of aliphatic imine (C=N–C) groups is 1. The Morgan fingerprint density at radius 2 is 1.82 bits per heavy atom. The largest absolute Gasteiger partial charge is 0.272 e. The van der Waals surface area contributed by atoms with Crippen molar-refractivity contribution in [3.8, 4) is 0 Å². The number of hydrogen-bond acceptors (Lipinski definition) is 3. The van der Waals surface area contributed by atoms with Crippen LogP contribution in [0.3, 0.4) is 0 Å². The molecule has 0 spiro atoms. The molecule has 1 aromatic rings. The summed E-state index contributed by atoms with van der Waals surface area (Å²) in [7, 11) is -3.51. The summed E-state index contributed by atoms with van der Waals surface area (Å²) in [5.74, 6) is 1.23. The van der Waals surface area contributed by atoms with Gasteiger partial charge in [0.15, 0.2) is 0 Å². The number of rotatable bonds is 5. The highest BCUT2D eigenvalue weighted by molar-refractivity contribution is 7.90. The third-order valence-corrected chi connectivity index (χ3v) is 5.68. The van der Waals surface area contributed by atoms with Crippen molar-refractivity contribution < 1.29 is 8.42 Å². The Kier molecular flexibility index (Phi) is 6.00. The maximum Gasteiger partial charge on any atom is 0.262 e. The molecular weight excluding hydrogens is 296 g/mol. The molecule has 0 aliphatic heterocycles. The molecule has 0 aromatic heterocycles. The zero-order valence-corrected chi connectivity index (χ0v) is 14.3. The third-order valence-electron chi connectivity index (χ3n) is 4.22. The van der Waals surface area contributed by atoms with Gasteiger partial charge in [-0.15, -0.1) is 0 Å². The van der Waals surface area contributed by atoms with Crippen LogP contribution in [0, 0.1) is 12.8 Å². The second-order valence-electron chi connectivity index (χ2n) is 6.18. The summed E-state index contributed by atoms with van der Waals surface area (Å²) in [6.07, 6.45) is 7.66. The van der Waals surface area contributed by atoms with Crippen LogP contribution in [0.5, 0.6) is 0 Å². The standard InChI is InChI=1S/C17H26N2O2S/c1-14-8-10-17(11-9-14)22(20,21)19-15(2)18-13-12-16-6-4-3-5-7-16/h8-11,16H,3-7,12-13H2,1-2H3,(H,18,19). The topological polar surface area (TPSA) is 58.5 Å². The summed E-state index contributed by atoms with van der Waals surface area (Å²) >= 11 is 0. The van der Waals surface area contributed by atoms with Gasteiger partial charge in [-0.1, -0.05) is 49.8 Å². The first kappa shape index (κ1) is 17.0. The van der Waals surface area contributed by atoms with Crippen LogP contribution >= 0.6 is 0 Å². The van der Waals surface area contributed by atoms with Crippen molar-refractivity contribution in [2.45, 2.75) is 57.3 Å². The second kappa shape index (κ2) is 7.77. The molecule has 0 heterocycles. The summed E-state index contributed by atoms with van der Waals surface area (Å²) in [5.41, 5.74) is 1.04. The minimum atomic E-state index is -3.51. The molecule has 2 rings (SSSR count). The average molecular weight is 322 g/mol. The summed E-state index contributed by atoms with van der Waals surface area (Å²) in [5, 5.41) is 0. The minimum absolute atomic E-state index is 0.278. The van der Waals surface area contributed by atoms with E-state index in [-0.39, 0.29) is 4.90 Å². The smallest absolute Gasteiger partial charge is 0.262 e. The molecule has 1 N–H and O–H groups in total. The van der Waals surface area contributed by atoms with Gasteiger partial charge in [0, 0.05) is 6.54 Å². The summed E-state index contributed by atoms with van der Waals surface area (Å²) in [6, 6.07) is 6.83. The highest BCUT2D eigenvalue weighted by Gasteiger charge is 2.15. The average Bonchev–Trinajstić information content (AvgIpc) is 2.48. The number of amidine groups is 1. The minimum Gasteiger partial charge on any atom is -0.272 e. The van der Waals surface area contributed by atoms with E-state index >= 15 is 0 Å². The van der Waals surface area contributed by atoms with E-state index in [1.54, 1.807) is 31.2 Å². The van der Waals surface area contributed by atoms with Crippen molar-refractivity contribution in [1.29, 1.82) is 0 Å². The second-order valence-corrected chi connectivity index (χ2v) is 7.86. The maximum atomic E-state index is 12.2. The van der Waals surface area contributed by atoms with E-state index in [9.17, 15) is 8.42 Å². The van der Waals surface area contributed by atoms with Crippen LogP contribution in [-0.4, -0.2) is 20.8 Å². The van der Waals surface area contributed by atoms with Crippen molar-refractivity contribution in [3.63, 3.8) is 0 Å². The molecule has 0 radical (unpaired) electrons. The molecule has 0 saturated heterocycles. The fourth-order valence-electron chi connectivity index (χ4n) is 2.89. The van der Waals surface area contributed by atoms with Crippen LogP contribution in [-0.2, 0) is 10.0 Å². The van der Waals surface area contributed by atoms with Gasteiger partial charge in [0.2, 0.25) is 0 Å². The number of aryl methyl sites for hydroxylation is 1. The Hall–Kier alpha value is -1.36. The van der Waals surface area contributed by atoms with E-state index in [0.29, 0.717) is 12.4 Å². The van der Waals surface area contributed by atoms with Gasteiger partial charge >= 0.3 is 0 Å². The van der Waals surface area contributed by atoms with Gasteiger partial charge in [-0.3, -0.25) is 9.71 Å². The van der Waals surface area contributed by atoms with Crippen LogP contribution in [0.15, 0.2) is 34.2 Å². The first-order valence-corrected chi connectivity index (χ1v) is 9.56. The van der Waals surface area contributed by atoms with Gasteiger partial charge in [-0.25, -0.2) is 8.42 Å². The van der Waals surface area contributed by atoms with E-state index in [4.69, 9.17) is 0 Å². The van der Waals surface area contributed by atoms with Crippen molar-refractivity contribution in [2.24, 2.45) is 10.9 Å². The van der Waals surface area contributed by atoms with Gasteiger partial charge in [0.1, 0.15) is 5.84 Å². The van der Waals surface area contributed by atoms with E-state index < -0.39 is 10.0 Å². The Labute approximate surface area is 134 Å². The Morgan fingerprint density at radius 3 is 2.45 bits per heavy atom. The van der Waals surface area contributed by atoms with Crippen molar-refractivity contribution in [3.05, 3.63) is 29.8 Å². The van der Waals surface area contributed by atoms with Crippen molar-refractivity contribution in [2.75, 3.05) is 6.54 Å². The SMILES string of the molecule is CC(=NCCC1CCCCC1)NS(=O)(=O)c1ccc(C)cc1. The lowest BCUT2D eigenvalue weighted by atomic mass is 9.87. The Morgan fingerprint density at radius 1 is 1.18 bits per heavy atom. The monoisotopic (exact) mass is 322 g/mol. The van der Waals surface area contributed by atoms with Crippen LogP contribution < -0.4 is 4.72 Å². The van der Waals surface area contributed by atoms with E-state index in [2.05, 4.69) is 9.71 Å². The predicted octanol–water partition coefficient (Wildman–Crippen LogP) is 3.66. The summed E-state index contributed by atoms with van der Waals surface area (Å²) < 4.78 is 27.0. The fourth-order valence-corrected chi connectivity index (χ4v) is 3.96. The molecule has 5 heteroatoms. The molecule has 0 atom stereocenters. The quantitative estimate of drug-likeness (QED) is 0.664. The lowest BCUT2D eigenvalue weighted by molar-refractivity contribution is 0.343. The highest BCUT2D eigenvalue weighted by Crippen LogP contribution is 2.26. The number of nitrogens with zero attached hydrogens (tertiary/aromatic N) is 1. The van der Waals surface area contributed by atoms with Gasteiger partial charge in [-0.2, -0.15) is 0 Å². The zero-order valence-electron chi connectivity index (χ0n) is 13.5. The number of benzene rings is 1. The Bertz CT molecular complexity index is 600. The molecule has 4 nitrogen and oxygen atoms in total. The van der Waals surface area contributed by atoms with Gasteiger partial charge in [-0.05, 0) is 38.3 Å². The predicted molar refractivity (Wildman–Crippen MR) is 90.7 cm³/mol. The molecule has 1 aliphatic rings. The van der Waals surface area contributed by atoms with E-state index in [0.717, 1.165) is 17.9 Å².